The minimum atomic E-state index is -0.926. The fourth-order valence-electron chi connectivity index (χ4n) is 4.32. The second-order valence-electron chi connectivity index (χ2n) is 7.00. The summed E-state index contributed by atoms with van der Waals surface area (Å²) >= 11 is 6.28. The van der Waals surface area contributed by atoms with Crippen LogP contribution < -0.4 is 10.6 Å². The molecule has 5 heteroatoms. The van der Waals surface area contributed by atoms with E-state index in [0.717, 1.165) is 35.3 Å². The van der Waals surface area contributed by atoms with E-state index >= 15 is 0 Å². The van der Waals surface area contributed by atoms with Gasteiger partial charge in [0.05, 0.1) is 5.69 Å². The van der Waals surface area contributed by atoms with Crippen molar-refractivity contribution in [3.8, 4) is 0 Å². The Hall–Kier alpha value is -2.30. The van der Waals surface area contributed by atoms with Gasteiger partial charge in [-0.2, -0.15) is 0 Å². The first-order valence-electron chi connectivity index (χ1n) is 8.59. The number of aryl methyl sites for hydroxylation is 1. The van der Waals surface area contributed by atoms with Crippen LogP contribution in [0.4, 0.5) is 5.69 Å². The first-order valence-corrected chi connectivity index (χ1v) is 8.96. The van der Waals surface area contributed by atoms with E-state index in [0.29, 0.717) is 5.02 Å². The van der Waals surface area contributed by atoms with Gasteiger partial charge < -0.3 is 10.3 Å². The van der Waals surface area contributed by atoms with Crippen molar-refractivity contribution in [1.29, 1.82) is 0 Å². The third-order valence-electron chi connectivity index (χ3n) is 5.45. The van der Waals surface area contributed by atoms with Crippen LogP contribution in [0.1, 0.15) is 30.2 Å². The minimum absolute atomic E-state index is 0.0497. The monoisotopic (exact) mass is 351 g/mol. The zero-order valence-corrected chi connectivity index (χ0v) is 14.6. The van der Waals surface area contributed by atoms with Gasteiger partial charge in [0.25, 0.3) is 5.91 Å². The van der Waals surface area contributed by atoms with Crippen LogP contribution in [-0.2, 0) is 16.8 Å². The van der Waals surface area contributed by atoms with E-state index < -0.39 is 5.54 Å². The second kappa shape index (κ2) is 5.10. The molecule has 3 N–H and O–H groups in total. The van der Waals surface area contributed by atoms with Crippen molar-refractivity contribution < 1.29 is 4.79 Å². The lowest BCUT2D eigenvalue weighted by molar-refractivity contribution is -0.120. The number of para-hydroxylation sites is 1. The van der Waals surface area contributed by atoms with Crippen molar-refractivity contribution >= 4 is 34.1 Å². The molecule has 5 rings (SSSR count). The Kier molecular flexibility index (Phi) is 3.06. The van der Waals surface area contributed by atoms with E-state index in [1.165, 1.54) is 10.9 Å². The summed E-state index contributed by atoms with van der Waals surface area (Å²) < 4.78 is 0. The summed E-state index contributed by atoms with van der Waals surface area (Å²) in [5, 5.41) is 8.46. The van der Waals surface area contributed by atoms with Crippen molar-refractivity contribution in [2.45, 2.75) is 31.3 Å². The number of fused-ring (bicyclic) bond motifs is 6. The van der Waals surface area contributed by atoms with Gasteiger partial charge in [0.1, 0.15) is 0 Å². The molecule has 126 valence electrons. The largest absolute Gasteiger partial charge is 0.356 e. The molecule has 25 heavy (non-hydrogen) atoms. The Morgan fingerprint density at radius 3 is 2.92 bits per heavy atom. The van der Waals surface area contributed by atoms with Crippen molar-refractivity contribution in [2.24, 2.45) is 0 Å². The Morgan fingerprint density at radius 1 is 1.20 bits per heavy atom. The molecule has 2 aliphatic heterocycles. The van der Waals surface area contributed by atoms with Crippen molar-refractivity contribution in [1.82, 2.24) is 10.3 Å². The SMILES string of the molecule is C[C@H]1CCc2c([nH]c3ccccc23)[C@@]2(N1)C(=O)Nc1ccc(Cl)cc12. The van der Waals surface area contributed by atoms with Gasteiger partial charge in [-0.1, -0.05) is 29.8 Å². The highest BCUT2D eigenvalue weighted by Crippen LogP contribution is 2.46. The van der Waals surface area contributed by atoms with Crippen LogP contribution in [0, 0.1) is 0 Å². The number of hydrogen-bond acceptors (Lipinski definition) is 2. The predicted octanol–water partition coefficient (Wildman–Crippen LogP) is 3.94. The quantitative estimate of drug-likeness (QED) is 0.574. The molecule has 0 fully saturated rings. The molecule has 1 aromatic heterocycles. The topological polar surface area (TPSA) is 56.9 Å². The Labute approximate surface area is 150 Å². The molecule has 3 aromatic rings. The van der Waals surface area contributed by atoms with Gasteiger partial charge in [-0.25, -0.2) is 0 Å². The van der Waals surface area contributed by atoms with E-state index in [2.05, 4.69) is 34.7 Å². The smallest absolute Gasteiger partial charge is 0.255 e. The molecule has 0 aliphatic carbocycles. The van der Waals surface area contributed by atoms with Crippen molar-refractivity contribution in [3.05, 3.63) is 64.3 Å². The van der Waals surface area contributed by atoms with Gasteiger partial charge in [-0.05, 0) is 49.6 Å². The fourth-order valence-corrected chi connectivity index (χ4v) is 4.49. The second-order valence-corrected chi connectivity index (χ2v) is 7.44. The van der Waals surface area contributed by atoms with Crippen molar-refractivity contribution in [3.63, 3.8) is 0 Å². The lowest BCUT2D eigenvalue weighted by Crippen LogP contribution is -2.52. The number of amides is 1. The Bertz CT molecular complexity index is 1020. The molecule has 3 heterocycles. The van der Waals surface area contributed by atoms with E-state index in [1.54, 1.807) is 0 Å². The van der Waals surface area contributed by atoms with Crippen LogP contribution in [0.3, 0.4) is 0 Å². The molecule has 2 aliphatic rings. The van der Waals surface area contributed by atoms with Gasteiger partial charge in [0, 0.05) is 33.2 Å². The zero-order valence-electron chi connectivity index (χ0n) is 13.8. The van der Waals surface area contributed by atoms with Crippen LogP contribution in [0.5, 0.6) is 0 Å². The summed E-state index contributed by atoms with van der Waals surface area (Å²) in [7, 11) is 0. The number of benzene rings is 2. The average Bonchev–Trinajstić information content (AvgIpc) is 3.04. The van der Waals surface area contributed by atoms with E-state index in [-0.39, 0.29) is 11.9 Å². The number of hydrogen-bond donors (Lipinski definition) is 3. The molecular formula is C20H18ClN3O. The summed E-state index contributed by atoms with van der Waals surface area (Å²) in [6.07, 6.45) is 1.90. The average molecular weight is 352 g/mol. The predicted molar refractivity (Wildman–Crippen MR) is 100 cm³/mol. The molecule has 0 saturated heterocycles. The zero-order chi connectivity index (χ0) is 17.2. The summed E-state index contributed by atoms with van der Waals surface area (Å²) in [6, 6.07) is 14.0. The summed E-state index contributed by atoms with van der Waals surface area (Å²) in [5.41, 5.74) is 4.01. The lowest BCUT2D eigenvalue weighted by atomic mass is 9.85. The molecule has 0 saturated carbocycles. The maximum absolute atomic E-state index is 13.2. The number of H-pyrrole nitrogens is 1. The van der Waals surface area contributed by atoms with Crippen LogP contribution in [0.25, 0.3) is 10.9 Å². The molecule has 1 spiro atoms. The lowest BCUT2D eigenvalue weighted by Gasteiger charge is -2.30. The van der Waals surface area contributed by atoms with Gasteiger partial charge in [0.15, 0.2) is 5.54 Å². The molecule has 0 radical (unpaired) electrons. The highest BCUT2D eigenvalue weighted by molar-refractivity contribution is 6.31. The van der Waals surface area contributed by atoms with E-state index in [1.807, 2.05) is 30.3 Å². The maximum atomic E-state index is 13.2. The summed E-state index contributed by atoms with van der Waals surface area (Å²) in [4.78, 5) is 16.8. The molecular weight excluding hydrogens is 334 g/mol. The molecule has 0 bridgehead atoms. The van der Waals surface area contributed by atoms with E-state index in [4.69, 9.17) is 11.6 Å². The minimum Gasteiger partial charge on any atom is -0.356 e. The summed E-state index contributed by atoms with van der Waals surface area (Å²) in [6.45, 7) is 2.13. The van der Waals surface area contributed by atoms with E-state index in [9.17, 15) is 4.79 Å². The van der Waals surface area contributed by atoms with Gasteiger partial charge in [0.2, 0.25) is 0 Å². The fraction of sp³-hybridized carbons (Fsp3) is 0.250. The first kappa shape index (κ1) is 15.0. The number of rotatable bonds is 0. The number of anilines is 1. The molecule has 0 unspecified atom stereocenters. The molecule has 1 amide bonds. The number of aromatic nitrogens is 1. The number of carbonyl (C=O) groups is 1. The molecule has 2 aromatic carbocycles. The van der Waals surface area contributed by atoms with Crippen LogP contribution in [0.2, 0.25) is 5.02 Å². The number of nitrogens with one attached hydrogen (secondary N) is 3. The van der Waals surface area contributed by atoms with Crippen LogP contribution in [-0.4, -0.2) is 16.9 Å². The summed E-state index contributed by atoms with van der Waals surface area (Å²) in [5.74, 6) is -0.0497. The highest BCUT2D eigenvalue weighted by Gasteiger charge is 2.52. The third-order valence-corrected chi connectivity index (χ3v) is 5.69. The third kappa shape index (κ3) is 1.95. The van der Waals surface area contributed by atoms with Gasteiger partial charge in [-0.15, -0.1) is 0 Å². The van der Waals surface area contributed by atoms with Gasteiger partial charge in [-0.3, -0.25) is 10.1 Å². The highest BCUT2D eigenvalue weighted by atomic mass is 35.5. The van der Waals surface area contributed by atoms with Crippen LogP contribution >= 0.6 is 11.6 Å². The number of halogens is 1. The number of aromatic amines is 1. The normalized spacial score (nSPS) is 24.9. The molecule has 2 atom stereocenters. The Balaban J connectivity index is 1.88. The standard InChI is InChI=1S/C20H18ClN3O/c1-11-6-8-14-13-4-2-3-5-16(13)22-18(14)20(24-11)15-10-12(21)7-9-17(15)23-19(20)25/h2-5,7,9-11,22,24H,6,8H2,1H3,(H,23,25)/t11-,20+/m0/s1. The van der Waals surface area contributed by atoms with Crippen LogP contribution in [0.15, 0.2) is 42.5 Å². The maximum Gasteiger partial charge on any atom is 0.255 e. The number of carbonyl (C=O) groups excluding carboxylic acids is 1. The molecule has 4 nitrogen and oxygen atoms in total. The Morgan fingerprint density at radius 2 is 2.04 bits per heavy atom. The van der Waals surface area contributed by atoms with Crippen molar-refractivity contribution in [2.75, 3.05) is 5.32 Å². The van der Waals surface area contributed by atoms with Gasteiger partial charge >= 0.3 is 0 Å². The first-order chi connectivity index (χ1) is 12.1.